The molecule has 24 heavy (non-hydrogen) atoms. The van der Waals surface area contributed by atoms with Crippen molar-refractivity contribution in [1.82, 2.24) is 0 Å². The maximum atomic E-state index is 4.36. The lowest BCUT2D eigenvalue weighted by atomic mass is 10.1. The lowest BCUT2D eigenvalue weighted by Gasteiger charge is -2.12. The van der Waals surface area contributed by atoms with Crippen LogP contribution in [-0.4, -0.2) is 7.05 Å². The van der Waals surface area contributed by atoms with Crippen molar-refractivity contribution in [3.63, 3.8) is 0 Å². The van der Waals surface area contributed by atoms with Gasteiger partial charge in [0, 0.05) is 7.05 Å². The van der Waals surface area contributed by atoms with E-state index in [1.54, 1.807) is 5.01 Å². The minimum Gasteiger partial charge on any atom is -0.250 e. The zero-order valence-electron chi connectivity index (χ0n) is 13.4. The molecule has 0 aromatic heterocycles. The molecule has 4 aromatic rings. The maximum Gasteiger partial charge on any atom is 0.0880 e. The summed E-state index contributed by atoms with van der Waals surface area (Å²) >= 11 is 0. The molecule has 3 nitrogen and oxygen atoms in total. The lowest BCUT2D eigenvalue weighted by Crippen LogP contribution is -2.06. The van der Waals surface area contributed by atoms with Gasteiger partial charge in [-0.25, -0.2) is 5.01 Å². The molecular formula is C21H17N3. The lowest BCUT2D eigenvalue weighted by molar-refractivity contribution is 0.925. The average Bonchev–Trinajstić information content (AvgIpc) is 2.65. The molecule has 0 unspecified atom stereocenters. The van der Waals surface area contributed by atoms with Gasteiger partial charge in [-0.05, 0) is 45.8 Å². The van der Waals surface area contributed by atoms with E-state index in [2.05, 4.69) is 58.9 Å². The predicted molar refractivity (Wildman–Crippen MR) is 101 cm³/mol. The summed E-state index contributed by atoms with van der Waals surface area (Å²) in [4.78, 5) is 0. The van der Waals surface area contributed by atoms with Crippen LogP contribution in [0.3, 0.4) is 0 Å². The Balaban J connectivity index is 1.60. The summed E-state index contributed by atoms with van der Waals surface area (Å²) in [5.41, 5.74) is 1.86. The number of hydrogen-bond donors (Lipinski definition) is 0. The van der Waals surface area contributed by atoms with Crippen LogP contribution in [0.1, 0.15) is 0 Å². The normalized spacial score (nSPS) is 11.4. The first-order chi connectivity index (χ1) is 11.8. The van der Waals surface area contributed by atoms with Crippen molar-refractivity contribution < 1.29 is 0 Å². The molecule has 0 heterocycles. The molecule has 0 radical (unpaired) electrons. The van der Waals surface area contributed by atoms with Crippen LogP contribution in [0.4, 0.5) is 11.4 Å². The van der Waals surface area contributed by atoms with Gasteiger partial charge in [-0.1, -0.05) is 65.9 Å². The van der Waals surface area contributed by atoms with Crippen LogP contribution in [0, 0.1) is 0 Å². The van der Waals surface area contributed by atoms with Gasteiger partial charge in [0.25, 0.3) is 0 Å². The van der Waals surface area contributed by atoms with Gasteiger partial charge in [0.15, 0.2) is 0 Å². The summed E-state index contributed by atoms with van der Waals surface area (Å²) in [6, 6.07) is 28.9. The molecule has 0 bridgehead atoms. The molecule has 0 N–H and O–H groups in total. The van der Waals surface area contributed by atoms with Gasteiger partial charge in [0.1, 0.15) is 0 Å². The van der Waals surface area contributed by atoms with E-state index in [0.717, 1.165) is 11.4 Å². The van der Waals surface area contributed by atoms with Crippen LogP contribution in [0.25, 0.3) is 21.5 Å². The second kappa shape index (κ2) is 6.13. The van der Waals surface area contributed by atoms with E-state index >= 15 is 0 Å². The van der Waals surface area contributed by atoms with Gasteiger partial charge in [-0.2, -0.15) is 0 Å². The molecule has 0 atom stereocenters. The largest absolute Gasteiger partial charge is 0.250 e. The van der Waals surface area contributed by atoms with E-state index in [1.165, 1.54) is 21.5 Å². The van der Waals surface area contributed by atoms with E-state index in [4.69, 9.17) is 0 Å². The first-order valence-electron chi connectivity index (χ1n) is 7.93. The van der Waals surface area contributed by atoms with Crippen LogP contribution in [-0.2, 0) is 0 Å². The van der Waals surface area contributed by atoms with E-state index < -0.39 is 0 Å². The molecule has 0 aliphatic carbocycles. The van der Waals surface area contributed by atoms with Crippen molar-refractivity contribution in [2.24, 2.45) is 10.3 Å². The number of nitrogens with zero attached hydrogens (tertiary/aromatic N) is 3. The molecule has 3 heteroatoms. The third kappa shape index (κ3) is 2.84. The molecule has 0 saturated carbocycles. The SMILES string of the molecule is CN(N=Nc1ccc2ccccc2c1)c1ccc2ccccc2c1. The molecule has 0 aliphatic rings. The van der Waals surface area contributed by atoms with Gasteiger partial charge < -0.3 is 0 Å². The van der Waals surface area contributed by atoms with E-state index in [-0.39, 0.29) is 0 Å². The Morgan fingerprint density at radius 3 is 1.92 bits per heavy atom. The Morgan fingerprint density at radius 2 is 1.21 bits per heavy atom. The highest BCUT2D eigenvalue weighted by Crippen LogP contribution is 2.24. The van der Waals surface area contributed by atoms with Gasteiger partial charge in [-0.3, -0.25) is 0 Å². The maximum absolute atomic E-state index is 4.36. The van der Waals surface area contributed by atoms with Crippen molar-refractivity contribution in [2.75, 3.05) is 12.1 Å². The third-order valence-electron chi connectivity index (χ3n) is 4.13. The van der Waals surface area contributed by atoms with Crippen LogP contribution >= 0.6 is 0 Å². The van der Waals surface area contributed by atoms with E-state index in [1.807, 2.05) is 43.4 Å². The second-order valence-electron chi connectivity index (χ2n) is 5.78. The van der Waals surface area contributed by atoms with E-state index in [9.17, 15) is 0 Å². The molecule has 0 spiro atoms. The zero-order chi connectivity index (χ0) is 16.4. The topological polar surface area (TPSA) is 28.0 Å². The fourth-order valence-electron chi connectivity index (χ4n) is 2.79. The van der Waals surface area contributed by atoms with Crippen LogP contribution in [0.5, 0.6) is 0 Å². The highest BCUT2D eigenvalue weighted by Gasteiger charge is 2.01. The van der Waals surface area contributed by atoms with Crippen molar-refractivity contribution >= 4 is 32.9 Å². The molecule has 0 fully saturated rings. The monoisotopic (exact) mass is 311 g/mol. The molecule has 116 valence electrons. The Kier molecular flexibility index (Phi) is 3.67. The summed E-state index contributed by atoms with van der Waals surface area (Å²) in [6.45, 7) is 0. The Hall–Kier alpha value is -3.20. The number of rotatable bonds is 3. The summed E-state index contributed by atoms with van der Waals surface area (Å²) < 4.78 is 0. The molecule has 4 aromatic carbocycles. The number of anilines is 1. The Labute approximate surface area is 140 Å². The smallest absolute Gasteiger partial charge is 0.0880 e. The molecule has 0 aliphatic heterocycles. The van der Waals surface area contributed by atoms with Crippen LogP contribution in [0.2, 0.25) is 0 Å². The van der Waals surface area contributed by atoms with Gasteiger partial charge in [0.05, 0.1) is 11.4 Å². The van der Waals surface area contributed by atoms with Gasteiger partial charge in [-0.15, -0.1) is 5.11 Å². The Bertz CT molecular complexity index is 1040. The molecule has 0 saturated heterocycles. The first kappa shape index (κ1) is 14.4. The minimum absolute atomic E-state index is 0.848. The molecule has 4 rings (SSSR count). The summed E-state index contributed by atoms with van der Waals surface area (Å²) in [7, 11) is 1.91. The van der Waals surface area contributed by atoms with Crippen molar-refractivity contribution in [3.05, 3.63) is 84.9 Å². The van der Waals surface area contributed by atoms with Crippen molar-refractivity contribution in [1.29, 1.82) is 0 Å². The summed E-state index contributed by atoms with van der Waals surface area (Å²) in [5, 5.41) is 15.3. The van der Waals surface area contributed by atoms with Crippen molar-refractivity contribution in [2.45, 2.75) is 0 Å². The first-order valence-corrected chi connectivity index (χ1v) is 7.93. The van der Waals surface area contributed by atoms with Crippen LogP contribution < -0.4 is 5.01 Å². The number of hydrogen-bond acceptors (Lipinski definition) is 2. The van der Waals surface area contributed by atoms with Gasteiger partial charge in [0.2, 0.25) is 0 Å². The average molecular weight is 311 g/mol. The molecule has 0 amide bonds. The number of benzene rings is 4. The fourth-order valence-corrected chi connectivity index (χ4v) is 2.79. The predicted octanol–water partition coefficient (Wildman–Crippen LogP) is 6.13. The van der Waals surface area contributed by atoms with Crippen molar-refractivity contribution in [3.8, 4) is 0 Å². The quantitative estimate of drug-likeness (QED) is 0.330. The Morgan fingerprint density at radius 1 is 0.625 bits per heavy atom. The number of fused-ring (bicyclic) bond motifs is 2. The summed E-state index contributed by atoms with van der Waals surface area (Å²) in [6.07, 6.45) is 0. The zero-order valence-corrected chi connectivity index (χ0v) is 13.4. The highest BCUT2D eigenvalue weighted by molar-refractivity contribution is 5.86. The second-order valence-corrected chi connectivity index (χ2v) is 5.78. The third-order valence-corrected chi connectivity index (χ3v) is 4.13. The minimum atomic E-state index is 0.848. The molecular weight excluding hydrogens is 294 g/mol. The summed E-state index contributed by atoms with van der Waals surface area (Å²) in [5.74, 6) is 0. The van der Waals surface area contributed by atoms with Gasteiger partial charge >= 0.3 is 0 Å². The fraction of sp³-hybridized carbons (Fsp3) is 0.0476. The highest BCUT2D eigenvalue weighted by atomic mass is 15.5. The standard InChI is InChI=1S/C21H17N3/c1-24(21-13-11-17-7-3-5-9-19(17)15-21)23-22-20-12-10-16-6-2-4-8-18(16)14-20/h2-15H,1H3. The van der Waals surface area contributed by atoms with E-state index in [0.29, 0.717) is 0 Å². The van der Waals surface area contributed by atoms with Crippen LogP contribution in [0.15, 0.2) is 95.3 Å².